The number of esters is 1. The number of methoxy groups -OCH3 is 1. The molecule has 0 bridgehead atoms. The van der Waals surface area contributed by atoms with Crippen molar-refractivity contribution < 1.29 is 32.2 Å². The molecule has 3 rings (SSSR count). The monoisotopic (exact) mass is 381 g/mol. The molecule has 2 aliphatic rings. The fourth-order valence-electron chi connectivity index (χ4n) is 2.98. The van der Waals surface area contributed by atoms with Crippen LogP contribution in [0.15, 0.2) is 35.9 Å². The van der Waals surface area contributed by atoms with E-state index in [0.29, 0.717) is 17.7 Å². The zero-order valence-electron chi connectivity index (χ0n) is 14.6. The highest BCUT2D eigenvalue weighted by Gasteiger charge is 2.53. The molecule has 1 fully saturated rings. The van der Waals surface area contributed by atoms with Gasteiger partial charge in [0.05, 0.1) is 12.9 Å². The Morgan fingerprint density at radius 2 is 2.08 bits per heavy atom. The predicted octanol–water partition coefficient (Wildman–Crippen LogP) is 1.28. The van der Waals surface area contributed by atoms with E-state index in [9.17, 15) is 18.0 Å². The largest absolute Gasteiger partial charge is 0.497 e. The molecule has 0 N–H and O–H groups in total. The minimum Gasteiger partial charge on any atom is -0.497 e. The molecule has 0 aliphatic carbocycles. The average molecular weight is 381 g/mol. The van der Waals surface area contributed by atoms with Crippen LogP contribution in [0.3, 0.4) is 0 Å². The van der Waals surface area contributed by atoms with Crippen LogP contribution in [0.2, 0.25) is 0 Å². The number of nitrogens with zero attached hydrogens (tertiary/aromatic N) is 1. The van der Waals surface area contributed by atoms with Crippen molar-refractivity contribution in [3.8, 4) is 5.75 Å². The Morgan fingerprint density at radius 1 is 1.35 bits per heavy atom. The summed E-state index contributed by atoms with van der Waals surface area (Å²) in [6.07, 6.45) is 0.395. The van der Waals surface area contributed by atoms with Crippen molar-refractivity contribution in [2.75, 3.05) is 19.4 Å². The van der Waals surface area contributed by atoms with E-state index >= 15 is 0 Å². The molecule has 0 spiro atoms. The number of ether oxygens (including phenoxy) is 3. The second kappa shape index (κ2) is 6.31. The van der Waals surface area contributed by atoms with Gasteiger partial charge in [-0.15, -0.1) is 0 Å². The molecule has 0 saturated carbocycles. The highest BCUT2D eigenvalue weighted by Crippen LogP contribution is 2.42. The summed E-state index contributed by atoms with van der Waals surface area (Å²) in [6, 6.07) is 6.67. The first-order valence-corrected chi connectivity index (χ1v) is 9.61. The Morgan fingerprint density at radius 3 is 2.65 bits per heavy atom. The molecule has 8 nitrogen and oxygen atoms in total. The second-order valence-corrected chi connectivity index (χ2v) is 8.18. The quantitative estimate of drug-likeness (QED) is 0.724. The van der Waals surface area contributed by atoms with Crippen molar-refractivity contribution in [2.45, 2.75) is 25.9 Å². The van der Waals surface area contributed by atoms with E-state index in [1.165, 1.54) is 14.0 Å². The molecular weight excluding hydrogens is 362 g/mol. The summed E-state index contributed by atoms with van der Waals surface area (Å²) in [5, 5.41) is 0. The van der Waals surface area contributed by atoms with Crippen LogP contribution in [0.4, 0.5) is 0 Å². The van der Waals surface area contributed by atoms with Crippen molar-refractivity contribution in [3.63, 3.8) is 0 Å². The van der Waals surface area contributed by atoms with Gasteiger partial charge in [-0.05, 0) is 25.5 Å². The molecule has 1 unspecified atom stereocenters. The first-order valence-electron chi connectivity index (χ1n) is 8.00. The van der Waals surface area contributed by atoms with E-state index in [1.54, 1.807) is 24.3 Å². The van der Waals surface area contributed by atoms with Crippen LogP contribution in [0, 0.1) is 0 Å². The van der Waals surface area contributed by atoms with Crippen molar-refractivity contribution in [1.29, 1.82) is 0 Å². The summed E-state index contributed by atoms with van der Waals surface area (Å²) in [4.78, 5) is 24.5. The third-order valence-electron chi connectivity index (χ3n) is 4.33. The third-order valence-corrected chi connectivity index (χ3v) is 6.15. The van der Waals surface area contributed by atoms with Gasteiger partial charge in [-0.3, -0.25) is 9.59 Å². The molecule has 1 aromatic carbocycles. The van der Waals surface area contributed by atoms with Gasteiger partial charge in [0.2, 0.25) is 15.8 Å². The maximum atomic E-state index is 13.0. The van der Waals surface area contributed by atoms with Crippen LogP contribution in [0.1, 0.15) is 25.8 Å². The van der Waals surface area contributed by atoms with Crippen molar-refractivity contribution >= 4 is 21.8 Å². The maximum Gasteiger partial charge on any atom is 0.308 e. The van der Waals surface area contributed by atoms with Crippen LogP contribution >= 0.6 is 0 Å². The number of Topliss-reactive ketones (excluding diaryl/α,β-unsaturated/α-hetero) is 1. The van der Waals surface area contributed by atoms with Gasteiger partial charge >= 0.3 is 5.97 Å². The molecule has 0 radical (unpaired) electrons. The van der Waals surface area contributed by atoms with Crippen LogP contribution in [-0.4, -0.2) is 43.9 Å². The number of rotatable bonds is 4. The lowest BCUT2D eigenvalue weighted by molar-refractivity contribution is -0.142. The highest BCUT2D eigenvalue weighted by atomic mass is 32.2. The molecule has 1 atom stereocenters. The van der Waals surface area contributed by atoms with Gasteiger partial charge in [-0.2, -0.15) is 0 Å². The number of carbonyl (C=O) groups is 2. The average Bonchev–Trinajstić information content (AvgIpc) is 3.06. The minimum atomic E-state index is -3.63. The molecule has 140 valence electrons. The molecule has 0 amide bonds. The van der Waals surface area contributed by atoms with Crippen LogP contribution in [0.5, 0.6) is 5.75 Å². The van der Waals surface area contributed by atoms with Gasteiger partial charge in [0.25, 0.3) is 11.7 Å². The summed E-state index contributed by atoms with van der Waals surface area (Å²) in [5.74, 6) is -1.55. The summed E-state index contributed by atoms with van der Waals surface area (Å²) in [6.45, 7) is 2.80. The summed E-state index contributed by atoms with van der Waals surface area (Å²) >= 11 is 0. The van der Waals surface area contributed by atoms with E-state index in [1.807, 2.05) is 0 Å². The van der Waals surface area contributed by atoms with E-state index in [0.717, 1.165) is 11.2 Å². The van der Waals surface area contributed by atoms with E-state index < -0.39 is 33.1 Å². The molecule has 9 heteroatoms. The van der Waals surface area contributed by atoms with Gasteiger partial charge in [0.15, 0.2) is 5.60 Å². The molecule has 2 heterocycles. The fraction of sp³-hybridized carbons (Fsp3) is 0.412. The fourth-order valence-corrected chi connectivity index (χ4v) is 4.47. The third kappa shape index (κ3) is 2.92. The summed E-state index contributed by atoms with van der Waals surface area (Å²) in [5.41, 5.74) is -1.08. The van der Waals surface area contributed by atoms with Crippen LogP contribution < -0.4 is 4.74 Å². The summed E-state index contributed by atoms with van der Waals surface area (Å²) < 4.78 is 41.6. The maximum absolute atomic E-state index is 13.0. The second-order valence-electron chi connectivity index (χ2n) is 6.17. The smallest absolute Gasteiger partial charge is 0.308 e. The normalized spacial score (nSPS) is 24.6. The molecule has 1 saturated heterocycles. The molecule has 1 aromatic rings. The van der Waals surface area contributed by atoms with E-state index in [4.69, 9.17) is 14.2 Å². The standard InChI is InChI=1S/C17H19NO7S/c1-11(19)24-14-15(20)17(2,12-6-4-7-13(10-12)23-3)25-16(14)18-8-5-9-26(18,21)22/h4,6-7,10H,5,8-9H2,1-3H3. The van der Waals surface area contributed by atoms with E-state index in [2.05, 4.69) is 0 Å². The van der Waals surface area contributed by atoms with Gasteiger partial charge in [-0.1, -0.05) is 12.1 Å². The number of hydrogen-bond acceptors (Lipinski definition) is 7. The number of benzene rings is 1. The first-order chi connectivity index (χ1) is 12.2. The Bertz CT molecular complexity index is 905. The van der Waals surface area contributed by atoms with Crippen LogP contribution in [-0.2, 0) is 34.7 Å². The molecule has 0 aromatic heterocycles. The first kappa shape index (κ1) is 18.2. The number of carbonyl (C=O) groups excluding carboxylic acids is 2. The van der Waals surface area contributed by atoms with Gasteiger partial charge in [0, 0.05) is 19.0 Å². The lowest BCUT2D eigenvalue weighted by Crippen LogP contribution is -2.33. The lowest BCUT2D eigenvalue weighted by Gasteiger charge is -2.26. The van der Waals surface area contributed by atoms with Gasteiger partial charge in [-0.25, -0.2) is 12.7 Å². The van der Waals surface area contributed by atoms with Crippen LogP contribution in [0.25, 0.3) is 0 Å². The number of ketones is 1. The molecular formula is C17H19NO7S. The molecule has 26 heavy (non-hydrogen) atoms. The Hall–Kier alpha value is -2.55. The molecule has 2 aliphatic heterocycles. The van der Waals surface area contributed by atoms with Gasteiger partial charge < -0.3 is 14.2 Å². The van der Waals surface area contributed by atoms with Crippen molar-refractivity contribution in [1.82, 2.24) is 4.31 Å². The minimum absolute atomic E-state index is 0.0583. The lowest BCUT2D eigenvalue weighted by atomic mass is 9.91. The SMILES string of the molecule is COc1cccc(C2(C)OC(N3CCCS3(=O)=O)=C(OC(C)=O)C2=O)c1. The summed E-state index contributed by atoms with van der Waals surface area (Å²) in [7, 11) is -2.14. The topological polar surface area (TPSA) is 99.2 Å². The van der Waals surface area contributed by atoms with Crippen molar-refractivity contribution in [2.24, 2.45) is 0 Å². The Kier molecular flexibility index (Phi) is 4.43. The Labute approximate surface area is 151 Å². The zero-order chi connectivity index (χ0) is 19.1. The number of sulfonamides is 1. The van der Waals surface area contributed by atoms with E-state index in [-0.39, 0.29) is 18.2 Å². The number of hydrogen-bond donors (Lipinski definition) is 0. The van der Waals surface area contributed by atoms with Crippen molar-refractivity contribution in [3.05, 3.63) is 41.5 Å². The Balaban J connectivity index is 2.08. The highest BCUT2D eigenvalue weighted by molar-refractivity contribution is 7.89. The van der Waals surface area contributed by atoms with Gasteiger partial charge in [0.1, 0.15) is 5.75 Å². The zero-order valence-corrected chi connectivity index (χ0v) is 15.5. The predicted molar refractivity (Wildman–Crippen MR) is 90.3 cm³/mol.